The highest BCUT2D eigenvalue weighted by molar-refractivity contribution is 6.16. The minimum atomic E-state index is 0.0780. The number of aryl methyl sites for hydroxylation is 1. The molecule has 0 radical (unpaired) electrons. The number of pyridine rings is 1. The molecule has 4 rings (SSSR count). The van der Waals surface area contributed by atoms with Crippen molar-refractivity contribution in [3.63, 3.8) is 0 Å². The summed E-state index contributed by atoms with van der Waals surface area (Å²) in [5, 5.41) is 0. The van der Waals surface area contributed by atoms with Gasteiger partial charge in [-0.05, 0) is 25.1 Å². The molecule has 106 valence electrons. The molecule has 2 aromatic heterocycles. The van der Waals surface area contributed by atoms with Crippen LogP contribution in [0, 0.1) is 6.92 Å². The van der Waals surface area contributed by atoms with Crippen molar-refractivity contribution in [2.75, 3.05) is 6.61 Å². The number of nitrogens with zero attached hydrogens (tertiary/aromatic N) is 3. The van der Waals surface area contributed by atoms with E-state index in [1.165, 1.54) is 0 Å². The fraction of sp³-hybridized carbons (Fsp3) is 0.250. The fourth-order valence-electron chi connectivity index (χ4n) is 2.90. The number of hydrogen-bond donors (Lipinski definition) is 0. The monoisotopic (exact) mass is 299 g/mol. The van der Waals surface area contributed by atoms with Crippen LogP contribution in [0.25, 0.3) is 11.2 Å². The Morgan fingerprint density at radius 3 is 2.95 bits per heavy atom. The third-order valence-electron chi connectivity index (χ3n) is 3.86. The van der Waals surface area contributed by atoms with E-state index in [0.717, 1.165) is 34.0 Å². The van der Waals surface area contributed by atoms with Gasteiger partial charge in [-0.15, -0.1) is 11.6 Å². The van der Waals surface area contributed by atoms with E-state index in [1.807, 2.05) is 37.3 Å². The molecule has 1 unspecified atom stereocenters. The number of fused-ring (bicyclic) bond motifs is 2. The van der Waals surface area contributed by atoms with Crippen molar-refractivity contribution >= 4 is 22.8 Å². The van der Waals surface area contributed by atoms with Crippen LogP contribution in [0.1, 0.15) is 23.1 Å². The van der Waals surface area contributed by atoms with Gasteiger partial charge in [0.25, 0.3) is 0 Å². The van der Waals surface area contributed by atoms with Crippen molar-refractivity contribution in [2.45, 2.75) is 18.8 Å². The summed E-state index contributed by atoms with van der Waals surface area (Å²) in [5.41, 5.74) is 3.88. The molecule has 0 aliphatic carbocycles. The molecule has 1 aliphatic heterocycles. The number of hydrogen-bond acceptors (Lipinski definition) is 3. The molecule has 0 amide bonds. The molecule has 3 heterocycles. The zero-order valence-electron chi connectivity index (χ0n) is 11.6. The van der Waals surface area contributed by atoms with Gasteiger partial charge in [0.2, 0.25) is 0 Å². The fourth-order valence-corrected chi connectivity index (χ4v) is 3.09. The van der Waals surface area contributed by atoms with Crippen LogP contribution >= 0.6 is 11.6 Å². The molecular formula is C16H14ClN3O. The van der Waals surface area contributed by atoms with Gasteiger partial charge in [0.15, 0.2) is 5.65 Å². The highest BCUT2D eigenvalue weighted by atomic mass is 35.5. The van der Waals surface area contributed by atoms with Crippen molar-refractivity contribution < 1.29 is 4.74 Å². The van der Waals surface area contributed by atoms with Crippen molar-refractivity contribution in [1.82, 2.24) is 14.5 Å². The number of para-hydroxylation sites is 1. The highest BCUT2D eigenvalue weighted by Crippen LogP contribution is 2.37. The van der Waals surface area contributed by atoms with Crippen LogP contribution in [0.4, 0.5) is 0 Å². The summed E-state index contributed by atoms with van der Waals surface area (Å²) in [6.45, 7) is 2.57. The number of benzene rings is 1. The Kier molecular flexibility index (Phi) is 2.86. The maximum absolute atomic E-state index is 6.10. The number of halogens is 1. The Morgan fingerprint density at radius 2 is 2.10 bits per heavy atom. The minimum Gasteiger partial charge on any atom is -0.491 e. The van der Waals surface area contributed by atoms with Gasteiger partial charge in [-0.3, -0.25) is 0 Å². The smallest absolute Gasteiger partial charge is 0.160 e. The predicted molar refractivity (Wildman–Crippen MR) is 81.9 cm³/mol. The van der Waals surface area contributed by atoms with Crippen LogP contribution in [0.5, 0.6) is 5.75 Å². The second kappa shape index (κ2) is 4.74. The van der Waals surface area contributed by atoms with Crippen LogP contribution in [0.3, 0.4) is 0 Å². The first-order chi connectivity index (χ1) is 10.3. The summed E-state index contributed by atoms with van der Waals surface area (Å²) in [5.74, 6) is 2.11. The van der Waals surface area contributed by atoms with Crippen molar-refractivity contribution in [3.05, 3.63) is 53.5 Å². The number of aromatic nitrogens is 3. The van der Waals surface area contributed by atoms with Crippen LogP contribution in [-0.4, -0.2) is 21.1 Å². The van der Waals surface area contributed by atoms with E-state index in [4.69, 9.17) is 16.3 Å². The summed E-state index contributed by atoms with van der Waals surface area (Å²) in [6.07, 6.45) is 0. The van der Waals surface area contributed by atoms with E-state index in [9.17, 15) is 0 Å². The number of ether oxygens (including phenoxy) is 1. The van der Waals surface area contributed by atoms with E-state index in [1.54, 1.807) is 0 Å². The average molecular weight is 300 g/mol. The summed E-state index contributed by atoms with van der Waals surface area (Å²) in [4.78, 5) is 9.25. The standard InChI is InChI=1S/C16H14ClN3O/c1-10-6-7-12-16(18-10)20(15(8-17)19-12)13-9-21-14-5-3-2-4-11(13)14/h2-7,13H,8-9H2,1H3. The van der Waals surface area contributed by atoms with Crippen LogP contribution in [0.2, 0.25) is 0 Å². The van der Waals surface area contributed by atoms with Gasteiger partial charge in [-0.25, -0.2) is 9.97 Å². The van der Waals surface area contributed by atoms with Gasteiger partial charge >= 0.3 is 0 Å². The first-order valence-electron chi connectivity index (χ1n) is 6.90. The Hall–Kier alpha value is -2.07. The lowest BCUT2D eigenvalue weighted by Crippen LogP contribution is -2.15. The van der Waals surface area contributed by atoms with Gasteiger partial charge in [0, 0.05) is 11.3 Å². The maximum atomic E-state index is 6.10. The molecule has 21 heavy (non-hydrogen) atoms. The Bertz CT molecular complexity index is 828. The van der Waals surface area contributed by atoms with Crippen molar-refractivity contribution in [1.29, 1.82) is 0 Å². The van der Waals surface area contributed by atoms with Crippen LogP contribution in [-0.2, 0) is 5.88 Å². The molecule has 0 bridgehead atoms. The maximum Gasteiger partial charge on any atom is 0.160 e. The van der Waals surface area contributed by atoms with Gasteiger partial charge in [0.05, 0.1) is 11.9 Å². The summed E-state index contributed by atoms with van der Waals surface area (Å²) >= 11 is 6.10. The van der Waals surface area contributed by atoms with Gasteiger partial charge in [0.1, 0.15) is 23.7 Å². The van der Waals surface area contributed by atoms with E-state index in [0.29, 0.717) is 12.5 Å². The van der Waals surface area contributed by atoms with E-state index >= 15 is 0 Å². The molecule has 0 fully saturated rings. The predicted octanol–water partition coefficient (Wildman–Crippen LogP) is 3.46. The zero-order chi connectivity index (χ0) is 14.4. The zero-order valence-corrected chi connectivity index (χ0v) is 12.3. The average Bonchev–Trinajstić information content (AvgIpc) is 3.07. The minimum absolute atomic E-state index is 0.0780. The number of rotatable bonds is 2. The van der Waals surface area contributed by atoms with Crippen molar-refractivity contribution in [2.24, 2.45) is 0 Å². The topological polar surface area (TPSA) is 39.9 Å². The Balaban J connectivity index is 1.96. The SMILES string of the molecule is Cc1ccc2nc(CCl)n(C3COc4ccccc43)c2n1. The molecule has 0 saturated heterocycles. The third-order valence-corrected chi connectivity index (χ3v) is 4.09. The second-order valence-corrected chi connectivity index (χ2v) is 5.46. The normalized spacial score (nSPS) is 17.0. The second-order valence-electron chi connectivity index (χ2n) is 5.19. The Morgan fingerprint density at radius 1 is 1.24 bits per heavy atom. The molecule has 0 spiro atoms. The molecule has 1 aromatic carbocycles. The lowest BCUT2D eigenvalue weighted by Gasteiger charge is -2.14. The number of imidazole rings is 1. The van der Waals surface area contributed by atoms with Crippen LogP contribution < -0.4 is 4.74 Å². The molecule has 3 aromatic rings. The molecule has 0 N–H and O–H groups in total. The Labute approximate surface area is 127 Å². The van der Waals surface area contributed by atoms with E-state index in [-0.39, 0.29) is 6.04 Å². The van der Waals surface area contributed by atoms with E-state index < -0.39 is 0 Å². The lowest BCUT2D eigenvalue weighted by atomic mass is 10.1. The van der Waals surface area contributed by atoms with Crippen LogP contribution in [0.15, 0.2) is 36.4 Å². The van der Waals surface area contributed by atoms with Crippen molar-refractivity contribution in [3.8, 4) is 5.75 Å². The molecule has 1 atom stereocenters. The third kappa shape index (κ3) is 1.90. The highest BCUT2D eigenvalue weighted by Gasteiger charge is 2.29. The molecule has 5 heteroatoms. The summed E-state index contributed by atoms with van der Waals surface area (Å²) < 4.78 is 7.91. The molecule has 1 aliphatic rings. The first-order valence-corrected chi connectivity index (χ1v) is 7.43. The number of alkyl halides is 1. The van der Waals surface area contributed by atoms with E-state index in [2.05, 4.69) is 20.6 Å². The van der Waals surface area contributed by atoms with Gasteiger partial charge in [-0.2, -0.15) is 0 Å². The van der Waals surface area contributed by atoms with Gasteiger partial charge < -0.3 is 9.30 Å². The summed E-state index contributed by atoms with van der Waals surface area (Å²) in [7, 11) is 0. The largest absolute Gasteiger partial charge is 0.491 e. The summed E-state index contributed by atoms with van der Waals surface area (Å²) in [6, 6.07) is 12.1. The molecule has 0 saturated carbocycles. The van der Waals surface area contributed by atoms with Gasteiger partial charge in [-0.1, -0.05) is 18.2 Å². The lowest BCUT2D eigenvalue weighted by molar-refractivity contribution is 0.316. The quantitative estimate of drug-likeness (QED) is 0.680. The first kappa shape index (κ1) is 12.7. The molecular weight excluding hydrogens is 286 g/mol. The molecule has 4 nitrogen and oxygen atoms in total.